The van der Waals surface area contributed by atoms with Gasteiger partial charge in [0.1, 0.15) is 0 Å². The quantitative estimate of drug-likeness (QED) is 0.796. The smallest absolute Gasteiger partial charge is 0.242 e. The highest BCUT2D eigenvalue weighted by Gasteiger charge is 2.24. The van der Waals surface area contributed by atoms with Crippen LogP contribution in [0.25, 0.3) is 0 Å². The molecule has 0 aromatic carbocycles. The Morgan fingerprint density at radius 1 is 1.62 bits per heavy atom. The van der Waals surface area contributed by atoms with Crippen molar-refractivity contribution in [3.63, 3.8) is 0 Å². The molecule has 1 atom stereocenters. The number of rotatable bonds is 2. The Bertz CT molecular complexity index is 409. The average molecular weight is 240 g/mol. The summed E-state index contributed by atoms with van der Waals surface area (Å²) in [4.78, 5) is 11.9. The van der Waals surface area contributed by atoms with Crippen molar-refractivity contribution in [1.82, 2.24) is 15.1 Å². The van der Waals surface area contributed by atoms with Gasteiger partial charge >= 0.3 is 0 Å². The summed E-state index contributed by atoms with van der Waals surface area (Å²) in [7, 11) is 1.88. The first kappa shape index (κ1) is 11.5. The Morgan fingerprint density at radius 2 is 2.38 bits per heavy atom. The lowest BCUT2D eigenvalue weighted by Gasteiger charge is -2.10. The molecule has 1 aromatic heterocycles. The standard InChI is InChI=1S/C10H16N4OS/c1-6-9(7(2)14(3)13-6)12-10(15)8-4-16-5-11-8/h8,11H,4-5H2,1-3H3,(H,12,15). The van der Waals surface area contributed by atoms with Crippen LogP contribution >= 0.6 is 11.8 Å². The van der Waals surface area contributed by atoms with Gasteiger partial charge in [0.05, 0.1) is 23.1 Å². The summed E-state index contributed by atoms with van der Waals surface area (Å²) in [5.74, 6) is 1.72. The highest BCUT2D eigenvalue weighted by Crippen LogP contribution is 2.19. The van der Waals surface area contributed by atoms with Gasteiger partial charge in [-0.15, -0.1) is 11.8 Å². The SMILES string of the molecule is Cc1nn(C)c(C)c1NC(=O)C1CSCN1. The minimum atomic E-state index is -0.0796. The third kappa shape index (κ3) is 2.08. The maximum Gasteiger partial charge on any atom is 0.242 e. The van der Waals surface area contributed by atoms with E-state index in [0.717, 1.165) is 28.7 Å². The first-order valence-electron chi connectivity index (χ1n) is 5.22. The molecule has 88 valence electrons. The number of nitrogens with one attached hydrogen (secondary N) is 2. The molecule has 0 spiro atoms. The summed E-state index contributed by atoms with van der Waals surface area (Å²) in [5, 5.41) is 10.4. The zero-order valence-corrected chi connectivity index (χ0v) is 10.5. The lowest BCUT2D eigenvalue weighted by Crippen LogP contribution is -2.37. The maximum absolute atomic E-state index is 11.9. The summed E-state index contributed by atoms with van der Waals surface area (Å²) in [6, 6.07) is -0.0796. The number of aromatic nitrogens is 2. The largest absolute Gasteiger partial charge is 0.322 e. The van der Waals surface area contributed by atoms with Gasteiger partial charge in [0.2, 0.25) is 5.91 Å². The number of carbonyl (C=O) groups excluding carboxylic acids is 1. The average Bonchev–Trinajstić information content (AvgIpc) is 2.83. The summed E-state index contributed by atoms with van der Waals surface area (Å²) in [6.07, 6.45) is 0. The Labute approximate surface area is 99.0 Å². The van der Waals surface area contributed by atoms with Gasteiger partial charge in [-0.2, -0.15) is 5.10 Å². The molecule has 1 aromatic rings. The van der Waals surface area contributed by atoms with E-state index in [9.17, 15) is 4.79 Å². The number of amides is 1. The number of hydrogen-bond acceptors (Lipinski definition) is 4. The van der Waals surface area contributed by atoms with Crippen LogP contribution in [0.5, 0.6) is 0 Å². The molecule has 2 heterocycles. The molecule has 0 aliphatic carbocycles. The maximum atomic E-state index is 11.9. The van der Waals surface area contributed by atoms with E-state index >= 15 is 0 Å². The minimum Gasteiger partial charge on any atom is -0.322 e. The summed E-state index contributed by atoms with van der Waals surface area (Å²) >= 11 is 1.74. The number of aryl methyl sites for hydroxylation is 2. The van der Waals surface area contributed by atoms with E-state index in [4.69, 9.17) is 0 Å². The fraction of sp³-hybridized carbons (Fsp3) is 0.600. The van der Waals surface area contributed by atoms with E-state index < -0.39 is 0 Å². The first-order valence-corrected chi connectivity index (χ1v) is 6.37. The predicted octanol–water partition coefficient (Wildman–Crippen LogP) is 0.638. The fourth-order valence-corrected chi connectivity index (χ4v) is 2.67. The van der Waals surface area contributed by atoms with Crippen LogP contribution in [0.15, 0.2) is 0 Å². The van der Waals surface area contributed by atoms with Crippen molar-refractivity contribution in [1.29, 1.82) is 0 Å². The van der Waals surface area contributed by atoms with Crippen molar-refractivity contribution in [3.8, 4) is 0 Å². The third-order valence-electron chi connectivity index (χ3n) is 2.79. The van der Waals surface area contributed by atoms with Gasteiger partial charge in [-0.3, -0.25) is 14.8 Å². The lowest BCUT2D eigenvalue weighted by molar-refractivity contribution is -0.117. The molecule has 2 N–H and O–H groups in total. The number of thioether (sulfide) groups is 1. The zero-order chi connectivity index (χ0) is 11.7. The Balaban J connectivity index is 2.11. The summed E-state index contributed by atoms with van der Waals surface area (Å²) < 4.78 is 1.78. The molecule has 1 aliphatic heterocycles. The Kier molecular flexibility index (Phi) is 3.20. The van der Waals surface area contributed by atoms with Gasteiger partial charge in [-0.05, 0) is 13.8 Å². The van der Waals surface area contributed by atoms with Crippen LogP contribution in [0.2, 0.25) is 0 Å². The second-order valence-electron chi connectivity index (χ2n) is 3.93. The monoisotopic (exact) mass is 240 g/mol. The molecule has 5 nitrogen and oxygen atoms in total. The van der Waals surface area contributed by atoms with Crippen LogP contribution in [-0.2, 0) is 11.8 Å². The van der Waals surface area contributed by atoms with Crippen molar-refractivity contribution >= 4 is 23.4 Å². The highest BCUT2D eigenvalue weighted by molar-refractivity contribution is 7.99. The second kappa shape index (κ2) is 4.47. The summed E-state index contributed by atoms with van der Waals surface area (Å²) in [6.45, 7) is 3.85. The van der Waals surface area contributed by atoms with Crippen LogP contribution in [0.1, 0.15) is 11.4 Å². The van der Waals surface area contributed by atoms with Gasteiger partial charge in [0, 0.05) is 18.7 Å². The van der Waals surface area contributed by atoms with Gasteiger partial charge in [0.15, 0.2) is 0 Å². The van der Waals surface area contributed by atoms with Gasteiger partial charge < -0.3 is 5.32 Å². The molecule has 0 saturated carbocycles. The molecule has 0 bridgehead atoms. The van der Waals surface area contributed by atoms with E-state index in [0.29, 0.717) is 0 Å². The van der Waals surface area contributed by atoms with Crippen molar-refractivity contribution < 1.29 is 4.79 Å². The van der Waals surface area contributed by atoms with E-state index in [1.807, 2.05) is 20.9 Å². The van der Waals surface area contributed by atoms with E-state index in [2.05, 4.69) is 15.7 Å². The van der Waals surface area contributed by atoms with Crippen molar-refractivity contribution in [2.75, 3.05) is 16.9 Å². The van der Waals surface area contributed by atoms with Crippen molar-refractivity contribution in [3.05, 3.63) is 11.4 Å². The number of carbonyl (C=O) groups is 1. The molecule has 1 unspecified atom stereocenters. The molecular weight excluding hydrogens is 224 g/mol. The molecule has 1 aliphatic rings. The molecule has 1 amide bonds. The van der Waals surface area contributed by atoms with E-state index in [1.165, 1.54) is 0 Å². The molecule has 0 radical (unpaired) electrons. The van der Waals surface area contributed by atoms with Crippen molar-refractivity contribution in [2.45, 2.75) is 19.9 Å². The van der Waals surface area contributed by atoms with Gasteiger partial charge in [0.25, 0.3) is 0 Å². The molecule has 16 heavy (non-hydrogen) atoms. The number of nitrogens with zero attached hydrogens (tertiary/aromatic N) is 2. The van der Waals surface area contributed by atoms with Gasteiger partial charge in [-0.1, -0.05) is 0 Å². The van der Waals surface area contributed by atoms with E-state index in [-0.39, 0.29) is 11.9 Å². The molecule has 1 saturated heterocycles. The van der Waals surface area contributed by atoms with Crippen molar-refractivity contribution in [2.24, 2.45) is 7.05 Å². The first-order chi connectivity index (χ1) is 7.59. The number of hydrogen-bond donors (Lipinski definition) is 2. The van der Waals surface area contributed by atoms with Crippen LogP contribution in [0.4, 0.5) is 5.69 Å². The fourth-order valence-electron chi connectivity index (χ4n) is 1.73. The van der Waals surface area contributed by atoms with Crippen LogP contribution in [0.3, 0.4) is 0 Å². The zero-order valence-electron chi connectivity index (χ0n) is 9.70. The third-order valence-corrected chi connectivity index (χ3v) is 3.73. The second-order valence-corrected chi connectivity index (χ2v) is 4.96. The molecular formula is C10H16N4OS. The highest BCUT2D eigenvalue weighted by atomic mass is 32.2. The predicted molar refractivity (Wildman–Crippen MR) is 65.6 cm³/mol. The molecule has 1 fully saturated rings. The topological polar surface area (TPSA) is 59.0 Å². The minimum absolute atomic E-state index is 0.0317. The Hall–Kier alpha value is -1.01. The lowest BCUT2D eigenvalue weighted by atomic mass is 10.2. The number of anilines is 1. The van der Waals surface area contributed by atoms with E-state index in [1.54, 1.807) is 16.4 Å². The van der Waals surface area contributed by atoms with Crippen LogP contribution in [0, 0.1) is 13.8 Å². The molecule has 6 heteroatoms. The Morgan fingerprint density at radius 3 is 2.88 bits per heavy atom. The van der Waals surface area contributed by atoms with Crippen LogP contribution < -0.4 is 10.6 Å². The van der Waals surface area contributed by atoms with Crippen LogP contribution in [-0.4, -0.2) is 33.4 Å². The summed E-state index contributed by atoms with van der Waals surface area (Å²) in [5.41, 5.74) is 2.68. The molecule has 2 rings (SSSR count). The van der Waals surface area contributed by atoms with Gasteiger partial charge in [-0.25, -0.2) is 0 Å². The normalized spacial score (nSPS) is 20.1.